The van der Waals surface area contributed by atoms with E-state index in [0.717, 1.165) is 16.6 Å². The molecule has 0 aliphatic rings. The maximum Gasteiger partial charge on any atom is 0.258 e. The van der Waals surface area contributed by atoms with E-state index in [2.05, 4.69) is 25.1 Å². The van der Waals surface area contributed by atoms with E-state index in [1.165, 1.54) is 11.8 Å². The number of aryl methyl sites for hydroxylation is 1. The second-order valence-corrected chi connectivity index (χ2v) is 6.96. The highest BCUT2D eigenvalue weighted by atomic mass is 32.2. The normalized spacial score (nSPS) is 11.4. The average Bonchev–Trinajstić information content (AvgIpc) is 3.14. The Bertz CT molecular complexity index is 1160. The van der Waals surface area contributed by atoms with Crippen LogP contribution in [0.15, 0.2) is 58.5 Å². The Hall–Kier alpha value is -3.19. The predicted molar refractivity (Wildman–Crippen MR) is 108 cm³/mol. The Morgan fingerprint density at radius 3 is 2.74 bits per heavy atom. The van der Waals surface area contributed by atoms with Crippen molar-refractivity contribution in [3.05, 3.63) is 81.7 Å². The van der Waals surface area contributed by atoms with Gasteiger partial charge in [-0.1, -0.05) is 60.3 Å². The lowest BCUT2D eigenvalue weighted by Crippen LogP contribution is -2.11. The first-order valence-corrected chi connectivity index (χ1v) is 9.44. The van der Waals surface area contributed by atoms with E-state index in [1.54, 1.807) is 6.07 Å². The van der Waals surface area contributed by atoms with Crippen molar-refractivity contribution in [2.45, 2.75) is 17.8 Å². The molecule has 2 aromatic heterocycles. The van der Waals surface area contributed by atoms with E-state index in [-0.39, 0.29) is 5.56 Å². The summed E-state index contributed by atoms with van der Waals surface area (Å²) in [6, 6.07) is 15.6. The van der Waals surface area contributed by atoms with Gasteiger partial charge in [-0.15, -0.1) is 5.10 Å². The van der Waals surface area contributed by atoms with Gasteiger partial charge in [0.15, 0.2) is 0 Å². The second kappa shape index (κ2) is 7.59. The largest absolute Gasteiger partial charge is 0.309 e. The molecule has 134 valence electrons. The molecule has 0 fully saturated rings. The van der Waals surface area contributed by atoms with Crippen LogP contribution in [0.2, 0.25) is 0 Å². The minimum Gasteiger partial charge on any atom is -0.309 e. The first-order chi connectivity index (χ1) is 13.2. The Morgan fingerprint density at radius 1 is 1.04 bits per heavy atom. The van der Waals surface area contributed by atoms with Gasteiger partial charge in [0.1, 0.15) is 11.6 Å². The number of hydrogen-bond acceptors (Lipinski definition) is 5. The molecule has 4 rings (SSSR count). The molecule has 0 unspecified atom stereocenters. The topological polar surface area (TPSA) is 87.3 Å². The van der Waals surface area contributed by atoms with Crippen molar-refractivity contribution in [3.63, 3.8) is 0 Å². The number of aromatic nitrogens is 5. The van der Waals surface area contributed by atoms with Crippen molar-refractivity contribution in [1.82, 2.24) is 25.1 Å². The zero-order valence-electron chi connectivity index (χ0n) is 14.6. The van der Waals surface area contributed by atoms with Crippen LogP contribution in [0.5, 0.6) is 0 Å². The third kappa shape index (κ3) is 3.98. The monoisotopic (exact) mass is 375 g/mol. The minimum atomic E-state index is -0.124. The van der Waals surface area contributed by atoms with E-state index >= 15 is 0 Å². The summed E-state index contributed by atoms with van der Waals surface area (Å²) >= 11 is 1.42. The zero-order chi connectivity index (χ0) is 18.6. The number of nitrogens with zero attached hydrogens (tertiary/aromatic N) is 3. The van der Waals surface area contributed by atoms with Crippen LogP contribution in [-0.2, 0) is 5.75 Å². The summed E-state index contributed by atoms with van der Waals surface area (Å²) in [6.07, 6.45) is 3.85. The van der Waals surface area contributed by atoms with Gasteiger partial charge in [0.05, 0.1) is 16.7 Å². The summed E-state index contributed by atoms with van der Waals surface area (Å²) in [5.74, 6) is 1.77. The fourth-order valence-electron chi connectivity index (χ4n) is 2.69. The first kappa shape index (κ1) is 17.2. The smallest absolute Gasteiger partial charge is 0.258 e. The highest BCUT2D eigenvalue weighted by molar-refractivity contribution is 7.98. The number of para-hydroxylation sites is 1. The molecule has 2 aromatic carbocycles. The van der Waals surface area contributed by atoms with Crippen LogP contribution in [0.4, 0.5) is 0 Å². The van der Waals surface area contributed by atoms with Gasteiger partial charge in [0, 0.05) is 0 Å². The molecular weight excluding hydrogens is 358 g/mol. The maximum absolute atomic E-state index is 12.2. The average molecular weight is 375 g/mol. The highest BCUT2D eigenvalue weighted by Gasteiger charge is 2.08. The van der Waals surface area contributed by atoms with Gasteiger partial charge in [-0.05, 0) is 30.2 Å². The molecule has 27 heavy (non-hydrogen) atoms. The standard InChI is InChI=1S/C20H17N5OS/c1-13-6-5-9-15-18(13)21-17(22-19(15)26)12-27-20-23-16(24-25-20)11-10-14-7-3-2-4-8-14/h2-11H,12H2,1H3,(H,21,22,26)(H,23,24,25). The molecule has 0 atom stereocenters. The number of fused-ring (bicyclic) bond motifs is 1. The SMILES string of the molecule is Cc1cccc2c(=O)[nH]c(CSc3n[nH]c(C=Cc4ccccc4)n3)nc12. The van der Waals surface area contributed by atoms with Gasteiger partial charge in [-0.3, -0.25) is 9.89 Å². The Balaban J connectivity index is 1.47. The van der Waals surface area contributed by atoms with Gasteiger partial charge in [-0.2, -0.15) is 0 Å². The van der Waals surface area contributed by atoms with E-state index < -0.39 is 0 Å². The van der Waals surface area contributed by atoms with Gasteiger partial charge in [0.2, 0.25) is 5.16 Å². The predicted octanol–water partition coefficient (Wildman–Crippen LogP) is 3.81. The number of rotatable bonds is 5. The van der Waals surface area contributed by atoms with E-state index in [9.17, 15) is 4.79 Å². The minimum absolute atomic E-state index is 0.124. The van der Waals surface area contributed by atoms with Gasteiger partial charge >= 0.3 is 0 Å². The van der Waals surface area contributed by atoms with Crippen LogP contribution in [0.1, 0.15) is 22.8 Å². The third-order valence-electron chi connectivity index (χ3n) is 4.04. The lowest BCUT2D eigenvalue weighted by Gasteiger charge is -2.03. The van der Waals surface area contributed by atoms with Crippen LogP contribution in [0.3, 0.4) is 0 Å². The van der Waals surface area contributed by atoms with Crippen molar-refractivity contribution in [2.24, 2.45) is 0 Å². The molecule has 0 aliphatic carbocycles. The van der Waals surface area contributed by atoms with Crippen LogP contribution >= 0.6 is 11.8 Å². The summed E-state index contributed by atoms with van der Waals surface area (Å²) in [7, 11) is 0. The highest BCUT2D eigenvalue weighted by Crippen LogP contribution is 2.19. The number of H-pyrrole nitrogens is 2. The number of aromatic amines is 2. The molecule has 0 amide bonds. The summed E-state index contributed by atoms with van der Waals surface area (Å²) in [6.45, 7) is 1.95. The van der Waals surface area contributed by atoms with E-state index in [0.29, 0.717) is 27.9 Å². The number of hydrogen-bond donors (Lipinski definition) is 2. The van der Waals surface area contributed by atoms with Crippen LogP contribution < -0.4 is 5.56 Å². The number of thioether (sulfide) groups is 1. The van der Waals surface area contributed by atoms with Gasteiger partial charge < -0.3 is 4.98 Å². The summed E-state index contributed by atoms with van der Waals surface area (Å²) < 4.78 is 0. The van der Waals surface area contributed by atoms with Crippen molar-refractivity contribution in [3.8, 4) is 0 Å². The maximum atomic E-state index is 12.2. The fourth-order valence-corrected chi connectivity index (χ4v) is 3.37. The van der Waals surface area contributed by atoms with Crippen molar-refractivity contribution in [1.29, 1.82) is 0 Å². The van der Waals surface area contributed by atoms with Crippen molar-refractivity contribution in [2.75, 3.05) is 0 Å². The molecule has 6 nitrogen and oxygen atoms in total. The van der Waals surface area contributed by atoms with Crippen molar-refractivity contribution >= 4 is 34.8 Å². The molecule has 0 saturated carbocycles. The lowest BCUT2D eigenvalue weighted by atomic mass is 10.1. The molecule has 2 heterocycles. The second-order valence-electron chi connectivity index (χ2n) is 6.02. The summed E-state index contributed by atoms with van der Waals surface area (Å²) in [5, 5.41) is 8.32. The molecule has 0 radical (unpaired) electrons. The summed E-state index contributed by atoms with van der Waals surface area (Å²) in [5.41, 5.74) is 2.69. The molecule has 0 saturated heterocycles. The number of nitrogens with one attached hydrogen (secondary N) is 2. The molecule has 4 aromatic rings. The number of benzene rings is 2. The molecule has 0 spiro atoms. The van der Waals surface area contributed by atoms with Crippen molar-refractivity contribution < 1.29 is 0 Å². The Labute approximate surface area is 159 Å². The van der Waals surface area contributed by atoms with Crippen LogP contribution in [0.25, 0.3) is 23.1 Å². The van der Waals surface area contributed by atoms with Crippen LogP contribution in [-0.4, -0.2) is 25.1 Å². The molecule has 7 heteroatoms. The molecule has 2 N–H and O–H groups in total. The fraction of sp³-hybridized carbons (Fsp3) is 0.100. The Kier molecular flexibility index (Phi) is 4.84. The lowest BCUT2D eigenvalue weighted by molar-refractivity contribution is 0.965. The third-order valence-corrected chi connectivity index (χ3v) is 4.90. The zero-order valence-corrected chi connectivity index (χ0v) is 15.5. The first-order valence-electron chi connectivity index (χ1n) is 8.46. The van der Waals surface area contributed by atoms with Gasteiger partial charge in [0.25, 0.3) is 5.56 Å². The molecular formula is C20H17N5OS. The molecule has 0 aliphatic heterocycles. The van der Waals surface area contributed by atoms with E-state index in [1.807, 2.05) is 61.5 Å². The van der Waals surface area contributed by atoms with E-state index in [4.69, 9.17) is 0 Å². The quantitative estimate of drug-likeness (QED) is 0.518. The van der Waals surface area contributed by atoms with Crippen LogP contribution in [0, 0.1) is 6.92 Å². The summed E-state index contributed by atoms with van der Waals surface area (Å²) in [4.78, 5) is 24.1. The van der Waals surface area contributed by atoms with Gasteiger partial charge in [-0.25, -0.2) is 9.97 Å². The Morgan fingerprint density at radius 2 is 1.89 bits per heavy atom. The molecule has 0 bridgehead atoms.